The minimum Gasteiger partial charge on any atom is -0.344 e. The van der Waals surface area contributed by atoms with E-state index in [1.165, 1.54) is 98.6 Å². The fourth-order valence-corrected chi connectivity index (χ4v) is 9.88. The molecule has 0 aliphatic rings. The number of para-hydroxylation sites is 6. The molecule has 0 bridgehead atoms. The van der Waals surface area contributed by atoms with Gasteiger partial charge in [-0.3, -0.25) is 0 Å². The smallest absolute Gasteiger partial charge is 0.0541 e. The summed E-state index contributed by atoms with van der Waals surface area (Å²) in [6.07, 6.45) is 4.78. The summed E-state index contributed by atoms with van der Waals surface area (Å²) in [4.78, 5) is 0. The fourth-order valence-electron chi connectivity index (χ4n) is 9.88. The lowest BCUT2D eigenvalue weighted by molar-refractivity contribution is 1.01. The maximum absolute atomic E-state index is 4.78. The first kappa shape index (κ1) is 77.1. The number of aromatic nitrogens is 4. The van der Waals surface area contributed by atoms with Crippen LogP contribution in [-0.2, 0) is 14.1 Å². The number of hydrogen-bond acceptors (Lipinski definition) is 0. The van der Waals surface area contributed by atoms with Gasteiger partial charge in [-0.25, -0.2) is 0 Å². The highest BCUT2D eigenvalue weighted by Gasteiger charge is 2.16. The molecule has 0 fully saturated rings. The first-order valence-corrected chi connectivity index (χ1v) is 28.4. The lowest BCUT2D eigenvalue weighted by Crippen LogP contribution is -1.94. The van der Waals surface area contributed by atoms with Gasteiger partial charge in [0.15, 0.2) is 0 Å². The maximum atomic E-state index is 4.78. The third-order valence-electron chi connectivity index (χ3n) is 13.1. The molecule has 0 aliphatic carbocycles. The third kappa shape index (κ3) is 17.6. The normalized spacial score (nSPS) is 9.03. The van der Waals surface area contributed by atoms with Crippen LogP contribution in [0.25, 0.3) is 98.6 Å². The SMILES string of the molecule is C.C.C.C.C.C.C#CC#CC#CC.CC.CC.CC.CC.Cn1c2ccccc2c2cc(-n3c4ccccc4c4ccccc43)ccc21.Cn1c2ccccc2c2ccc(-n3c4ccccc4c4ccccc43)cc21.c1ccccc1.c1ccccc1. The van der Waals surface area contributed by atoms with Crippen molar-refractivity contribution < 1.29 is 0 Å². The topological polar surface area (TPSA) is 19.7 Å². The summed E-state index contributed by atoms with van der Waals surface area (Å²) in [6, 6.07) is 89.5. The van der Waals surface area contributed by atoms with Gasteiger partial charge in [0.1, 0.15) is 0 Å². The first-order valence-electron chi connectivity index (χ1n) is 28.4. The van der Waals surface area contributed by atoms with Crippen LogP contribution in [-0.4, -0.2) is 18.3 Å². The molecule has 14 rings (SSSR count). The van der Waals surface area contributed by atoms with Crippen molar-refractivity contribution in [2.45, 2.75) is 107 Å². The molecule has 10 aromatic carbocycles. The summed E-state index contributed by atoms with van der Waals surface area (Å²) in [5.74, 6) is 12.0. The van der Waals surface area contributed by atoms with Crippen molar-refractivity contribution in [2.75, 3.05) is 0 Å². The second kappa shape index (κ2) is 40.4. The Kier molecular flexibility index (Phi) is 35.8. The second-order valence-electron chi connectivity index (χ2n) is 17.4. The Morgan fingerprint density at radius 2 is 0.506 bits per heavy atom. The number of rotatable bonds is 2. The number of terminal acetylenes is 1. The highest BCUT2D eigenvalue weighted by atomic mass is 15.0. The molecule has 0 unspecified atom stereocenters. The van der Waals surface area contributed by atoms with E-state index in [9.17, 15) is 0 Å². The molecule has 87 heavy (non-hydrogen) atoms. The molecule has 0 N–H and O–H groups in total. The van der Waals surface area contributed by atoms with Crippen LogP contribution in [0.5, 0.6) is 0 Å². The molecule has 0 atom stereocenters. The van der Waals surface area contributed by atoms with Gasteiger partial charge in [0, 0.05) is 85.1 Å². The van der Waals surface area contributed by atoms with E-state index >= 15 is 0 Å². The Hall–Kier alpha value is -9.92. The van der Waals surface area contributed by atoms with Crippen LogP contribution in [0.15, 0.2) is 255 Å². The van der Waals surface area contributed by atoms with Crippen molar-refractivity contribution in [3.63, 3.8) is 0 Å². The highest BCUT2D eigenvalue weighted by Crippen LogP contribution is 2.37. The number of aryl methyl sites for hydroxylation is 2. The van der Waals surface area contributed by atoms with E-state index in [0.717, 1.165) is 0 Å². The average molecular weight is 1150 g/mol. The molecule has 0 radical (unpaired) electrons. The van der Waals surface area contributed by atoms with E-state index in [4.69, 9.17) is 6.42 Å². The van der Waals surface area contributed by atoms with Crippen molar-refractivity contribution in [1.82, 2.24) is 18.3 Å². The van der Waals surface area contributed by atoms with E-state index in [-0.39, 0.29) is 44.6 Å². The lowest BCUT2D eigenvalue weighted by atomic mass is 10.1. The predicted molar refractivity (Wildman–Crippen MR) is 398 cm³/mol. The van der Waals surface area contributed by atoms with Crippen LogP contribution in [0.4, 0.5) is 0 Å². The van der Waals surface area contributed by atoms with E-state index in [1.807, 2.05) is 128 Å². The molecule has 0 spiro atoms. The number of fused-ring (bicyclic) bond motifs is 12. The van der Waals surface area contributed by atoms with Gasteiger partial charge in [0.05, 0.1) is 27.6 Å². The number of benzene rings is 10. The standard InChI is InChI=1S/2C25H18N2.C7H4.2C6H6.4C2H6.6CH4/c1-26-22-11-5-2-10-20(22)21-16-17(14-15-23(21)26)27-24-12-6-3-8-18(24)19-9-4-7-13-25(19)27;1-26-22-11-5-2-8-18(22)21-15-14-17(16-25(21)26)27-23-12-6-3-9-19(23)20-10-4-7-13-24(20)27;1-3-5-7-6-4-2;2*1-2-4-6-5-3-1;4*1-2;;;;;;/h2*2-16H,1H3;1H,2H3;2*1-6H;4*1-2H3;6*1H4. The summed E-state index contributed by atoms with van der Waals surface area (Å²) < 4.78 is 9.33. The Labute approximate surface area is 525 Å². The minimum absolute atomic E-state index is 0. The summed E-state index contributed by atoms with van der Waals surface area (Å²) in [6.45, 7) is 17.7. The molecular weight excluding hydrogens is 1050 g/mol. The van der Waals surface area contributed by atoms with Crippen LogP contribution in [0.1, 0.15) is 107 Å². The molecule has 0 amide bonds. The van der Waals surface area contributed by atoms with E-state index < -0.39 is 0 Å². The zero-order valence-electron chi connectivity index (χ0n) is 49.1. The van der Waals surface area contributed by atoms with Gasteiger partial charge in [-0.2, -0.15) is 0 Å². The van der Waals surface area contributed by atoms with E-state index in [2.05, 4.69) is 244 Å². The van der Waals surface area contributed by atoms with Gasteiger partial charge in [-0.1, -0.05) is 294 Å². The molecular formula is C83H100N4. The van der Waals surface area contributed by atoms with Crippen LogP contribution in [0.2, 0.25) is 0 Å². The molecule has 4 heterocycles. The molecule has 4 aromatic heterocycles. The van der Waals surface area contributed by atoms with Gasteiger partial charge in [0.25, 0.3) is 0 Å². The van der Waals surface area contributed by atoms with E-state index in [1.54, 1.807) is 6.92 Å². The van der Waals surface area contributed by atoms with Crippen LogP contribution >= 0.6 is 0 Å². The summed E-state index contributed by atoms with van der Waals surface area (Å²) in [5.41, 5.74) is 12.5. The fraction of sp³-hybridized carbons (Fsp3) is 0.205. The summed E-state index contributed by atoms with van der Waals surface area (Å²) in [5, 5.41) is 10.4. The van der Waals surface area contributed by atoms with Gasteiger partial charge < -0.3 is 18.3 Å². The summed E-state index contributed by atoms with van der Waals surface area (Å²) >= 11 is 0. The average Bonchev–Trinajstić information content (AvgIpc) is 1.64. The zero-order chi connectivity index (χ0) is 57.9. The van der Waals surface area contributed by atoms with Gasteiger partial charge in [-0.15, -0.1) is 6.42 Å². The van der Waals surface area contributed by atoms with Crippen LogP contribution in [0, 0.1) is 36.0 Å². The van der Waals surface area contributed by atoms with Crippen molar-refractivity contribution in [2.24, 2.45) is 14.1 Å². The maximum Gasteiger partial charge on any atom is 0.0541 e. The quantitative estimate of drug-likeness (QED) is 0.154. The minimum atomic E-state index is 0. The Morgan fingerprint density at radius 1 is 0.253 bits per heavy atom. The number of nitrogens with zero attached hydrogens (tertiary/aromatic N) is 4. The molecule has 0 saturated heterocycles. The van der Waals surface area contributed by atoms with Gasteiger partial charge in [-0.05, 0) is 97.3 Å². The number of hydrogen-bond donors (Lipinski definition) is 0. The van der Waals surface area contributed by atoms with Crippen molar-refractivity contribution in [3.05, 3.63) is 255 Å². The molecule has 14 aromatic rings. The lowest BCUT2D eigenvalue weighted by Gasteiger charge is -2.09. The van der Waals surface area contributed by atoms with E-state index in [0.29, 0.717) is 0 Å². The Balaban J connectivity index is 0.00000115. The highest BCUT2D eigenvalue weighted by molar-refractivity contribution is 6.13. The molecule has 4 heteroatoms. The molecule has 452 valence electrons. The zero-order valence-corrected chi connectivity index (χ0v) is 49.1. The van der Waals surface area contributed by atoms with Crippen molar-refractivity contribution in [1.29, 1.82) is 0 Å². The largest absolute Gasteiger partial charge is 0.344 e. The summed E-state index contributed by atoms with van der Waals surface area (Å²) in [7, 11) is 4.30. The van der Waals surface area contributed by atoms with Crippen molar-refractivity contribution in [3.8, 4) is 47.4 Å². The van der Waals surface area contributed by atoms with Crippen molar-refractivity contribution >= 4 is 87.2 Å². The predicted octanol–water partition coefficient (Wildman–Crippen LogP) is 24.8. The van der Waals surface area contributed by atoms with Gasteiger partial charge >= 0.3 is 0 Å². The Bertz CT molecular complexity index is 4180. The monoisotopic (exact) mass is 1150 g/mol. The first-order chi connectivity index (χ1) is 40.1. The van der Waals surface area contributed by atoms with Crippen LogP contribution in [0.3, 0.4) is 0 Å². The van der Waals surface area contributed by atoms with Crippen LogP contribution < -0.4 is 0 Å². The molecule has 4 nitrogen and oxygen atoms in total. The molecule has 0 saturated carbocycles. The molecule has 0 aliphatic heterocycles. The third-order valence-corrected chi connectivity index (χ3v) is 13.1. The van der Waals surface area contributed by atoms with Gasteiger partial charge in [0.2, 0.25) is 0 Å². The second-order valence-corrected chi connectivity index (χ2v) is 17.4. The Morgan fingerprint density at radius 3 is 0.839 bits per heavy atom.